The van der Waals surface area contributed by atoms with Gasteiger partial charge in [0.2, 0.25) is 0 Å². The van der Waals surface area contributed by atoms with Crippen molar-refractivity contribution in [2.45, 2.75) is 24.7 Å². The van der Waals surface area contributed by atoms with E-state index in [4.69, 9.17) is 4.55 Å². The van der Waals surface area contributed by atoms with Crippen LogP contribution in [-0.4, -0.2) is 13.0 Å². The van der Waals surface area contributed by atoms with Crippen LogP contribution in [0.5, 0.6) is 0 Å². The van der Waals surface area contributed by atoms with Crippen LogP contribution in [0.15, 0.2) is 63.7 Å². The zero-order valence-corrected chi connectivity index (χ0v) is 12.6. The average Bonchev–Trinajstić information content (AvgIpc) is 2.45. The summed E-state index contributed by atoms with van der Waals surface area (Å²) < 4.78 is 31.1. The molecule has 0 aromatic heterocycles. The number of hydrogen-bond donors (Lipinski definition) is 1. The minimum Gasteiger partial charge on any atom is -0.282 e. The minimum atomic E-state index is -4.23. The summed E-state index contributed by atoms with van der Waals surface area (Å²) in [6.45, 7) is 4.22. The van der Waals surface area contributed by atoms with Gasteiger partial charge < -0.3 is 0 Å². The molecule has 0 aliphatic heterocycles. The standard InChI is InChI=1S/C15H16N2O3S/c1-11(2)12-6-8-13(9-7-12)16-17-14-4-3-5-15(10-14)21(18,19)20/h3-11H,1-2H3,(H,18,19,20)/b17-16+. The van der Waals surface area contributed by atoms with E-state index in [1.807, 2.05) is 24.3 Å². The molecule has 0 amide bonds. The summed E-state index contributed by atoms with van der Waals surface area (Å²) in [6.07, 6.45) is 0. The van der Waals surface area contributed by atoms with Crippen LogP contribution in [0.4, 0.5) is 11.4 Å². The summed E-state index contributed by atoms with van der Waals surface area (Å²) in [5.74, 6) is 0.447. The van der Waals surface area contributed by atoms with Crippen molar-refractivity contribution in [1.29, 1.82) is 0 Å². The largest absolute Gasteiger partial charge is 0.294 e. The highest BCUT2D eigenvalue weighted by Crippen LogP contribution is 2.23. The minimum absolute atomic E-state index is 0.200. The molecule has 0 saturated carbocycles. The van der Waals surface area contributed by atoms with E-state index in [9.17, 15) is 8.42 Å². The Bertz CT molecular complexity index is 751. The molecule has 0 bridgehead atoms. The van der Waals surface area contributed by atoms with Gasteiger partial charge in [-0.3, -0.25) is 4.55 Å². The zero-order valence-electron chi connectivity index (χ0n) is 11.8. The Morgan fingerprint density at radius 3 is 2.14 bits per heavy atom. The fraction of sp³-hybridized carbons (Fsp3) is 0.200. The Hall–Kier alpha value is -2.05. The Labute approximate surface area is 124 Å². The number of nitrogens with zero attached hydrogens (tertiary/aromatic N) is 2. The van der Waals surface area contributed by atoms with E-state index in [0.717, 1.165) is 0 Å². The van der Waals surface area contributed by atoms with Gasteiger partial charge in [0.05, 0.1) is 16.3 Å². The third-order valence-corrected chi connectivity index (χ3v) is 3.81. The SMILES string of the molecule is CC(C)c1ccc(/N=N/c2cccc(S(=O)(=O)O)c2)cc1. The van der Waals surface area contributed by atoms with Gasteiger partial charge in [-0.25, -0.2) is 0 Å². The van der Waals surface area contributed by atoms with E-state index < -0.39 is 10.1 Å². The average molecular weight is 304 g/mol. The van der Waals surface area contributed by atoms with E-state index in [1.54, 1.807) is 6.07 Å². The van der Waals surface area contributed by atoms with Gasteiger partial charge in [0.1, 0.15) is 0 Å². The van der Waals surface area contributed by atoms with Crippen LogP contribution in [0, 0.1) is 0 Å². The summed E-state index contributed by atoms with van der Waals surface area (Å²) in [5, 5.41) is 8.02. The van der Waals surface area contributed by atoms with E-state index in [-0.39, 0.29) is 4.90 Å². The number of azo groups is 1. The summed E-state index contributed by atoms with van der Waals surface area (Å²) >= 11 is 0. The topological polar surface area (TPSA) is 79.1 Å². The maximum Gasteiger partial charge on any atom is 0.294 e. The quantitative estimate of drug-likeness (QED) is 0.668. The van der Waals surface area contributed by atoms with E-state index in [1.165, 1.54) is 23.8 Å². The van der Waals surface area contributed by atoms with Crippen LogP contribution >= 0.6 is 0 Å². The lowest BCUT2D eigenvalue weighted by Gasteiger charge is -2.04. The molecular formula is C15H16N2O3S. The van der Waals surface area contributed by atoms with Gasteiger partial charge in [-0.2, -0.15) is 18.6 Å². The molecule has 5 nitrogen and oxygen atoms in total. The van der Waals surface area contributed by atoms with Crippen LogP contribution in [0.25, 0.3) is 0 Å². The van der Waals surface area contributed by atoms with Crippen LogP contribution in [0.1, 0.15) is 25.3 Å². The molecule has 0 saturated heterocycles. The molecule has 21 heavy (non-hydrogen) atoms. The molecule has 6 heteroatoms. The maximum absolute atomic E-state index is 11.0. The molecule has 2 aromatic rings. The third-order valence-electron chi connectivity index (χ3n) is 2.96. The van der Waals surface area contributed by atoms with Crippen molar-refractivity contribution in [1.82, 2.24) is 0 Å². The summed E-state index contributed by atoms with van der Waals surface area (Å²) in [4.78, 5) is -0.200. The van der Waals surface area contributed by atoms with Crippen molar-refractivity contribution in [3.63, 3.8) is 0 Å². The summed E-state index contributed by atoms with van der Waals surface area (Å²) in [7, 11) is -4.23. The highest BCUT2D eigenvalue weighted by molar-refractivity contribution is 7.85. The molecule has 0 fully saturated rings. The first kappa shape index (κ1) is 15.3. The van der Waals surface area contributed by atoms with E-state index >= 15 is 0 Å². The first-order valence-electron chi connectivity index (χ1n) is 6.45. The summed E-state index contributed by atoms with van der Waals surface area (Å²) in [5.41, 5.74) is 2.25. The maximum atomic E-state index is 11.0. The molecule has 1 N–H and O–H groups in total. The van der Waals surface area contributed by atoms with Crippen LogP contribution in [0.3, 0.4) is 0 Å². The number of hydrogen-bond acceptors (Lipinski definition) is 4. The predicted octanol–water partition coefficient (Wildman–Crippen LogP) is 4.47. The summed E-state index contributed by atoms with van der Waals surface area (Å²) in [6, 6.07) is 13.3. The fourth-order valence-electron chi connectivity index (χ4n) is 1.75. The zero-order chi connectivity index (χ0) is 15.5. The third kappa shape index (κ3) is 4.21. The van der Waals surface area contributed by atoms with Crippen molar-refractivity contribution in [3.8, 4) is 0 Å². The fourth-order valence-corrected chi connectivity index (χ4v) is 2.27. The molecule has 110 valence electrons. The molecule has 0 heterocycles. The van der Waals surface area contributed by atoms with Gasteiger partial charge in [0.25, 0.3) is 10.1 Å². The van der Waals surface area contributed by atoms with Crippen molar-refractivity contribution in [2.24, 2.45) is 10.2 Å². The molecule has 0 radical (unpaired) electrons. The second-order valence-electron chi connectivity index (χ2n) is 4.92. The second-order valence-corrected chi connectivity index (χ2v) is 6.34. The normalized spacial score (nSPS) is 12.2. The van der Waals surface area contributed by atoms with Crippen LogP contribution in [-0.2, 0) is 10.1 Å². The van der Waals surface area contributed by atoms with Crippen molar-refractivity contribution in [2.75, 3.05) is 0 Å². The van der Waals surface area contributed by atoms with Crippen LogP contribution < -0.4 is 0 Å². The number of benzene rings is 2. The smallest absolute Gasteiger partial charge is 0.282 e. The van der Waals surface area contributed by atoms with Gasteiger partial charge in [-0.1, -0.05) is 32.0 Å². The predicted molar refractivity (Wildman–Crippen MR) is 81.0 cm³/mol. The highest BCUT2D eigenvalue weighted by atomic mass is 32.2. The van der Waals surface area contributed by atoms with Crippen LogP contribution in [0.2, 0.25) is 0 Å². The van der Waals surface area contributed by atoms with Gasteiger partial charge in [-0.05, 0) is 41.8 Å². The second kappa shape index (κ2) is 6.15. The van der Waals surface area contributed by atoms with E-state index in [2.05, 4.69) is 24.1 Å². The molecule has 2 aromatic carbocycles. The molecule has 2 rings (SSSR count). The van der Waals surface area contributed by atoms with Crippen molar-refractivity contribution < 1.29 is 13.0 Å². The molecule has 0 aliphatic rings. The highest BCUT2D eigenvalue weighted by Gasteiger charge is 2.09. The first-order chi connectivity index (χ1) is 9.86. The Morgan fingerprint density at radius 2 is 1.57 bits per heavy atom. The molecule has 0 aliphatic carbocycles. The molecule has 0 atom stereocenters. The first-order valence-corrected chi connectivity index (χ1v) is 7.89. The lowest BCUT2D eigenvalue weighted by molar-refractivity contribution is 0.483. The molecule has 0 spiro atoms. The van der Waals surface area contributed by atoms with Gasteiger partial charge in [-0.15, -0.1) is 0 Å². The van der Waals surface area contributed by atoms with Gasteiger partial charge in [0.15, 0.2) is 0 Å². The lowest BCUT2D eigenvalue weighted by Crippen LogP contribution is -1.96. The Kier molecular flexibility index (Phi) is 4.50. The van der Waals surface area contributed by atoms with Gasteiger partial charge >= 0.3 is 0 Å². The molecular weight excluding hydrogens is 288 g/mol. The van der Waals surface area contributed by atoms with Gasteiger partial charge in [0, 0.05) is 0 Å². The van der Waals surface area contributed by atoms with Crippen molar-refractivity contribution in [3.05, 3.63) is 54.1 Å². The monoisotopic (exact) mass is 304 g/mol. The van der Waals surface area contributed by atoms with E-state index in [0.29, 0.717) is 17.3 Å². The number of rotatable bonds is 4. The Morgan fingerprint density at radius 1 is 0.952 bits per heavy atom. The molecule has 0 unspecified atom stereocenters. The Balaban J connectivity index is 2.21. The lowest BCUT2D eigenvalue weighted by atomic mass is 10.0. The van der Waals surface area contributed by atoms with Crippen molar-refractivity contribution >= 4 is 21.5 Å².